The summed E-state index contributed by atoms with van der Waals surface area (Å²) in [5, 5.41) is 12.0. The van der Waals surface area contributed by atoms with Gasteiger partial charge in [-0.05, 0) is 80.8 Å². The normalized spacial score (nSPS) is 11.9. The Morgan fingerprint density at radius 3 is 1.45 bits per heavy atom. The van der Waals surface area contributed by atoms with Crippen molar-refractivity contribution in [2.45, 2.75) is 0 Å². The van der Waals surface area contributed by atoms with Gasteiger partial charge in [0.25, 0.3) is 0 Å². The molecule has 12 rings (SSSR count). The standard InChI is InChI=1S/C51H30N4S/c1-3-13-31(14-4-1)49-52-50(32-15-5-2-6-16-32)54-51(53-49)48-39-22-12-11-21-37(39)29-46-47(48)42-30-38(23-24-45(42)56-46)55-43-27-35-19-9-7-17-33(35)25-40(43)41-26-34-18-8-10-20-36(34)28-44(41)55/h1-30H. The van der Waals surface area contributed by atoms with E-state index in [1.165, 1.54) is 58.1 Å². The van der Waals surface area contributed by atoms with Crippen LogP contribution in [0.3, 0.4) is 0 Å². The highest BCUT2D eigenvalue weighted by Gasteiger charge is 2.22. The summed E-state index contributed by atoms with van der Waals surface area (Å²) in [5.41, 5.74) is 6.43. The van der Waals surface area contributed by atoms with Gasteiger partial charge in [-0.25, -0.2) is 15.0 Å². The van der Waals surface area contributed by atoms with Crippen molar-refractivity contribution in [2.75, 3.05) is 0 Å². The van der Waals surface area contributed by atoms with Crippen LogP contribution in [0.5, 0.6) is 0 Å². The summed E-state index contributed by atoms with van der Waals surface area (Å²) >= 11 is 1.82. The van der Waals surface area contributed by atoms with Gasteiger partial charge < -0.3 is 4.57 Å². The Kier molecular flexibility index (Phi) is 6.76. The molecule has 0 spiro atoms. The molecule has 0 unspecified atom stereocenters. The first kappa shape index (κ1) is 31.2. The smallest absolute Gasteiger partial charge is 0.165 e. The maximum Gasteiger partial charge on any atom is 0.165 e. The van der Waals surface area contributed by atoms with Crippen LogP contribution < -0.4 is 0 Å². The van der Waals surface area contributed by atoms with Crippen molar-refractivity contribution >= 4 is 85.6 Å². The lowest BCUT2D eigenvalue weighted by Gasteiger charge is -2.13. The predicted molar refractivity (Wildman–Crippen MR) is 236 cm³/mol. The van der Waals surface area contributed by atoms with E-state index in [2.05, 4.69) is 150 Å². The number of nitrogens with zero attached hydrogens (tertiary/aromatic N) is 4. The highest BCUT2D eigenvalue weighted by atomic mass is 32.1. The monoisotopic (exact) mass is 730 g/mol. The molecule has 3 heterocycles. The number of hydrogen-bond acceptors (Lipinski definition) is 4. The van der Waals surface area contributed by atoms with E-state index in [1.807, 2.05) is 47.7 Å². The van der Waals surface area contributed by atoms with Gasteiger partial charge in [0, 0.05) is 53.3 Å². The molecule has 0 atom stereocenters. The molecule has 12 aromatic rings. The third-order valence-corrected chi connectivity index (χ3v) is 12.3. The molecule has 9 aromatic carbocycles. The van der Waals surface area contributed by atoms with E-state index < -0.39 is 0 Å². The molecule has 0 saturated heterocycles. The maximum atomic E-state index is 5.28. The summed E-state index contributed by atoms with van der Waals surface area (Å²) in [5.74, 6) is 1.97. The minimum absolute atomic E-state index is 0.653. The number of benzene rings is 9. The lowest BCUT2D eigenvalue weighted by molar-refractivity contribution is 1.08. The molecule has 4 nitrogen and oxygen atoms in total. The van der Waals surface area contributed by atoms with Gasteiger partial charge in [-0.1, -0.05) is 133 Å². The van der Waals surface area contributed by atoms with Gasteiger partial charge in [-0.15, -0.1) is 11.3 Å². The third kappa shape index (κ3) is 4.81. The molecule has 0 aliphatic heterocycles. The lowest BCUT2D eigenvalue weighted by Crippen LogP contribution is -2.01. The Morgan fingerprint density at radius 1 is 0.357 bits per heavy atom. The van der Waals surface area contributed by atoms with E-state index in [0.717, 1.165) is 38.5 Å². The van der Waals surface area contributed by atoms with Crippen molar-refractivity contribution in [3.8, 4) is 39.9 Å². The van der Waals surface area contributed by atoms with E-state index in [9.17, 15) is 0 Å². The van der Waals surface area contributed by atoms with Crippen LogP contribution in [0, 0.1) is 0 Å². The molecule has 0 amide bonds. The third-order valence-electron chi connectivity index (χ3n) is 11.1. The first-order chi connectivity index (χ1) is 27.7. The molecule has 0 fully saturated rings. The summed E-state index contributed by atoms with van der Waals surface area (Å²) in [4.78, 5) is 15.6. The molecule has 56 heavy (non-hydrogen) atoms. The molecule has 0 saturated carbocycles. The largest absolute Gasteiger partial charge is 0.309 e. The van der Waals surface area contributed by atoms with Gasteiger partial charge in [-0.2, -0.15) is 0 Å². The molecule has 0 bridgehead atoms. The van der Waals surface area contributed by atoms with Gasteiger partial charge in [0.05, 0.1) is 11.0 Å². The predicted octanol–water partition coefficient (Wildman–Crippen LogP) is 13.8. The van der Waals surface area contributed by atoms with E-state index in [0.29, 0.717) is 17.5 Å². The molecular formula is C51H30N4S. The first-order valence-corrected chi connectivity index (χ1v) is 19.7. The number of rotatable bonds is 4. The van der Waals surface area contributed by atoms with Crippen LogP contribution in [0.25, 0.3) is 114 Å². The van der Waals surface area contributed by atoms with E-state index in [4.69, 9.17) is 15.0 Å². The topological polar surface area (TPSA) is 43.6 Å². The zero-order valence-corrected chi connectivity index (χ0v) is 30.8. The fourth-order valence-corrected chi connectivity index (χ4v) is 9.69. The van der Waals surface area contributed by atoms with E-state index >= 15 is 0 Å². The second-order valence-corrected chi connectivity index (χ2v) is 15.5. The van der Waals surface area contributed by atoms with Crippen molar-refractivity contribution < 1.29 is 0 Å². The van der Waals surface area contributed by atoms with Crippen LogP contribution in [0.2, 0.25) is 0 Å². The van der Waals surface area contributed by atoms with Crippen LogP contribution in [0.1, 0.15) is 0 Å². The number of fused-ring (bicyclic) bond motifs is 9. The van der Waals surface area contributed by atoms with Crippen molar-refractivity contribution in [1.29, 1.82) is 0 Å². The maximum absolute atomic E-state index is 5.28. The molecule has 0 aliphatic rings. The highest BCUT2D eigenvalue weighted by Crippen LogP contribution is 2.45. The van der Waals surface area contributed by atoms with Crippen LogP contribution in [0.15, 0.2) is 182 Å². The minimum atomic E-state index is 0.653. The number of aromatic nitrogens is 4. The SMILES string of the molecule is c1ccc(-c2nc(-c3ccccc3)nc(-c3c4ccccc4cc4sc5ccc(-n6c7cc8ccccc8cc7c7cc8ccccc8cc76)cc5c34)n2)cc1. The van der Waals surface area contributed by atoms with Gasteiger partial charge >= 0.3 is 0 Å². The van der Waals surface area contributed by atoms with E-state index in [-0.39, 0.29) is 0 Å². The van der Waals surface area contributed by atoms with Gasteiger partial charge in [0.1, 0.15) is 0 Å². The summed E-state index contributed by atoms with van der Waals surface area (Å²) in [6.45, 7) is 0. The summed E-state index contributed by atoms with van der Waals surface area (Å²) in [7, 11) is 0. The number of hydrogen-bond donors (Lipinski definition) is 0. The van der Waals surface area contributed by atoms with Crippen molar-refractivity contribution in [3.05, 3.63) is 182 Å². The molecular weight excluding hydrogens is 701 g/mol. The Labute approximate surface area is 325 Å². The quantitative estimate of drug-likeness (QED) is 0.181. The summed E-state index contributed by atoms with van der Waals surface area (Å²) < 4.78 is 4.88. The molecule has 0 N–H and O–H groups in total. The summed E-state index contributed by atoms with van der Waals surface area (Å²) in [6, 6.07) is 65.1. The number of thiophene rings is 1. The first-order valence-electron chi connectivity index (χ1n) is 18.8. The average molecular weight is 731 g/mol. The van der Waals surface area contributed by atoms with Crippen LogP contribution in [0.4, 0.5) is 0 Å². The second-order valence-electron chi connectivity index (χ2n) is 14.4. The highest BCUT2D eigenvalue weighted by molar-refractivity contribution is 7.26. The average Bonchev–Trinajstić information content (AvgIpc) is 3.77. The molecule has 0 radical (unpaired) electrons. The summed E-state index contributed by atoms with van der Waals surface area (Å²) in [6.07, 6.45) is 0. The zero-order valence-electron chi connectivity index (χ0n) is 30.0. The van der Waals surface area contributed by atoms with Crippen molar-refractivity contribution in [1.82, 2.24) is 19.5 Å². The lowest BCUT2D eigenvalue weighted by atomic mass is 9.97. The Morgan fingerprint density at radius 2 is 0.857 bits per heavy atom. The Bertz CT molecular complexity index is 3380. The Hall–Kier alpha value is -7.21. The fourth-order valence-electron chi connectivity index (χ4n) is 8.55. The Balaban J connectivity index is 1.18. The molecule has 5 heteroatoms. The zero-order chi connectivity index (χ0) is 36.7. The van der Waals surface area contributed by atoms with Gasteiger partial charge in [0.15, 0.2) is 17.5 Å². The van der Waals surface area contributed by atoms with E-state index in [1.54, 1.807) is 0 Å². The second kappa shape index (κ2) is 12.2. The molecule has 3 aromatic heterocycles. The molecule has 0 aliphatic carbocycles. The van der Waals surface area contributed by atoms with Crippen molar-refractivity contribution in [2.24, 2.45) is 0 Å². The van der Waals surface area contributed by atoms with Gasteiger partial charge in [-0.3, -0.25) is 0 Å². The van der Waals surface area contributed by atoms with Crippen molar-refractivity contribution in [3.63, 3.8) is 0 Å². The molecule has 260 valence electrons. The minimum Gasteiger partial charge on any atom is -0.309 e. The van der Waals surface area contributed by atoms with Gasteiger partial charge in [0.2, 0.25) is 0 Å². The van der Waals surface area contributed by atoms with Crippen LogP contribution in [-0.4, -0.2) is 19.5 Å². The van der Waals surface area contributed by atoms with Crippen LogP contribution in [-0.2, 0) is 0 Å². The fraction of sp³-hybridized carbons (Fsp3) is 0. The van der Waals surface area contributed by atoms with Crippen LogP contribution >= 0.6 is 11.3 Å².